The topological polar surface area (TPSA) is 72.7 Å². The largest absolute Gasteiger partial charge is 0.474 e. The standard InChI is InChI=1S/C17H16N2O4/c1-12(23-16-9-5-4-8-15(16)19(21)22)17(20)18-11-10-13-6-2-3-7-14(13)18/h2-9,12H,10-11H2,1H3/t12-/m1/s1. The zero-order chi connectivity index (χ0) is 16.4. The highest BCUT2D eigenvalue weighted by Gasteiger charge is 2.29. The summed E-state index contributed by atoms with van der Waals surface area (Å²) in [5.74, 6) is -0.0982. The van der Waals surface area contributed by atoms with E-state index < -0.39 is 11.0 Å². The van der Waals surface area contributed by atoms with E-state index in [0.717, 1.165) is 17.7 Å². The molecule has 0 saturated carbocycles. The molecule has 1 aliphatic rings. The van der Waals surface area contributed by atoms with Crippen molar-refractivity contribution < 1.29 is 14.5 Å². The maximum atomic E-state index is 12.6. The van der Waals surface area contributed by atoms with Crippen molar-refractivity contribution in [1.82, 2.24) is 0 Å². The molecule has 1 heterocycles. The molecule has 0 N–H and O–H groups in total. The first-order chi connectivity index (χ1) is 11.1. The zero-order valence-electron chi connectivity index (χ0n) is 12.6. The first-order valence-corrected chi connectivity index (χ1v) is 7.37. The summed E-state index contributed by atoms with van der Waals surface area (Å²) in [7, 11) is 0. The van der Waals surface area contributed by atoms with E-state index in [1.165, 1.54) is 12.1 Å². The molecule has 0 bridgehead atoms. The van der Waals surface area contributed by atoms with E-state index in [-0.39, 0.29) is 17.3 Å². The molecule has 0 aromatic heterocycles. The van der Waals surface area contributed by atoms with Gasteiger partial charge in [0.25, 0.3) is 5.91 Å². The van der Waals surface area contributed by atoms with Crippen LogP contribution in [0.5, 0.6) is 5.75 Å². The molecule has 23 heavy (non-hydrogen) atoms. The molecule has 118 valence electrons. The number of hydrogen-bond acceptors (Lipinski definition) is 4. The van der Waals surface area contributed by atoms with Gasteiger partial charge in [-0.1, -0.05) is 30.3 Å². The summed E-state index contributed by atoms with van der Waals surface area (Å²) >= 11 is 0. The van der Waals surface area contributed by atoms with Crippen LogP contribution in [0.1, 0.15) is 12.5 Å². The monoisotopic (exact) mass is 312 g/mol. The lowest BCUT2D eigenvalue weighted by Gasteiger charge is -2.22. The van der Waals surface area contributed by atoms with Crippen LogP contribution in [-0.4, -0.2) is 23.5 Å². The predicted octanol–water partition coefficient (Wildman–Crippen LogP) is 2.95. The molecule has 3 rings (SSSR count). The maximum absolute atomic E-state index is 12.6. The number of nitro groups is 1. The molecule has 1 atom stereocenters. The molecule has 0 radical (unpaired) electrons. The molecule has 0 aliphatic carbocycles. The van der Waals surface area contributed by atoms with Gasteiger partial charge in [0.05, 0.1) is 4.92 Å². The molecule has 0 unspecified atom stereocenters. The second-order valence-electron chi connectivity index (χ2n) is 5.35. The van der Waals surface area contributed by atoms with Crippen LogP contribution in [-0.2, 0) is 11.2 Å². The number of anilines is 1. The minimum Gasteiger partial charge on any atom is -0.474 e. The second kappa shape index (κ2) is 6.08. The number of rotatable bonds is 4. The summed E-state index contributed by atoms with van der Waals surface area (Å²) in [5, 5.41) is 11.0. The van der Waals surface area contributed by atoms with Gasteiger partial charge >= 0.3 is 5.69 Å². The Bertz CT molecular complexity index is 760. The average molecular weight is 312 g/mol. The van der Waals surface area contributed by atoms with E-state index in [4.69, 9.17) is 4.74 Å². The highest BCUT2D eigenvalue weighted by Crippen LogP contribution is 2.30. The van der Waals surface area contributed by atoms with Crippen LogP contribution in [0, 0.1) is 10.1 Å². The van der Waals surface area contributed by atoms with Crippen molar-refractivity contribution in [2.45, 2.75) is 19.4 Å². The molecule has 0 spiro atoms. The summed E-state index contributed by atoms with van der Waals surface area (Å²) in [6, 6.07) is 13.8. The molecule has 2 aromatic carbocycles. The summed E-state index contributed by atoms with van der Waals surface area (Å²) in [5.41, 5.74) is 1.86. The number of amides is 1. The lowest BCUT2D eigenvalue weighted by Crippen LogP contribution is -2.39. The Labute approximate surface area is 133 Å². The number of nitro benzene ring substituents is 1. The van der Waals surface area contributed by atoms with Gasteiger partial charge in [-0.05, 0) is 31.0 Å². The van der Waals surface area contributed by atoms with Crippen LogP contribution < -0.4 is 9.64 Å². The van der Waals surface area contributed by atoms with Crippen molar-refractivity contribution in [3.05, 3.63) is 64.2 Å². The summed E-state index contributed by atoms with van der Waals surface area (Å²) < 4.78 is 5.56. The summed E-state index contributed by atoms with van der Waals surface area (Å²) in [6.07, 6.45) is 0.00221. The molecule has 6 nitrogen and oxygen atoms in total. The highest BCUT2D eigenvalue weighted by molar-refractivity contribution is 5.98. The molecular formula is C17H16N2O4. The van der Waals surface area contributed by atoms with Gasteiger partial charge in [0.2, 0.25) is 0 Å². The van der Waals surface area contributed by atoms with Gasteiger partial charge in [-0.25, -0.2) is 0 Å². The minimum atomic E-state index is -0.803. The van der Waals surface area contributed by atoms with Crippen molar-refractivity contribution >= 4 is 17.3 Å². The number of carbonyl (C=O) groups excluding carboxylic acids is 1. The van der Waals surface area contributed by atoms with Gasteiger partial charge in [0, 0.05) is 18.3 Å². The number of hydrogen-bond donors (Lipinski definition) is 0. The van der Waals surface area contributed by atoms with E-state index in [9.17, 15) is 14.9 Å². The van der Waals surface area contributed by atoms with Gasteiger partial charge in [0.1, 0.15) is 0 Å². The number of fused-ring (bicyclic) bond motifs is 1. The maximum Gasteiger partial charge on any atom is 0.310 e. The van der Waals surface area contributed by atoms with Crippen LogP contribution in [0.15, 0.2) is 48.5 Å². The van der Waals surface area contributed by atoms with Crippen molar-refractivity contribution in [2.24, 2.45) is 0 Å². The average Bonchev–Trinajstić information content (AvgIpc) is 2.98. The Balaban J connectivity index is 1.78. The lowest BCUT2D eigenvalue weighted by atomic mass is 10.2. The van der Waals surface area contributed by atoms with Crippen molar-refractivity contribution in [3.8, 4) is 5.75 Å². The van der Waals surface area contributed by atoms with E-state index in [2.05, 4.69) is 0 Å². The third-order valence-corrected chi connectivity index (χ3v) is 3.87. The summed E-state index contributed by atoms with van der Waals surface area (Å²) in [6.45, 7) is 2.21. The SMILES string of the molecule is C[C@@H](Oc1ccccc1[N+](=O)[O-])C(=O)N1CCc2ccccc21. The molecular weight excluding hydrogens is 296 g/mol. The Hall–Kier alpha value is -2.89. The Morgan fingerprint density at radius 2 is 1.91 bits per heavy atom. The fourth-order valence-corrected chi connectivity index (χ4v) is 2.74. The van der Waals surface area contributed by atoms with E-state index >= 15 is 0 Å². The van der Waals surface area contributed by atoms with Crippen molar-refractivity contribution in [3.63, 3.8) is 0 Å². The Morgan fingerprint density at radius 1 is 1.22 bits per heavy atom. The van der Waals surface area contributed by atoms with Gasteiger partial charge in [0.15, 0.2) is 11.9 Å². The van der Waals surface area contributed by atoms with Crippen LogP contribution in [0.3, 0.4) is 0 Å². The van der Waals surface area contributed by atoms with Crippen molar-refractivity contribution in [1.29, 1.82) is 0 Å². The van der Waals surface area contributed by atoms with E-state index in [1.54, 1.807) is 24.0 Å². The summed E-state index contributed by atoms with van der Waals surface area (Å²) in [4.78, 5) is 24.8. The van der Waals surface area contributed by atoms with Crippen LogP contribution in [0.2, 0.25) is 0 Å². The number of ether oxygens (including phenoxy) is 1. The fraction of sp³-hybridized carbons (Fsp3) is 0.235. The molecule has 2 aromatic rings. The first kappa shape index (κ1) is 15.0. The number of carbonyl (C=O) groups is 1. The van der Waals surface area contributed by atoms with Crippen LogP contribution >= 0.6 is 0 Å². The van der Waals surface area contributed by atoms with Gasteiger partial charge in [-0.15, -0.1) is 0 Å². The lowest BCUT2D eigenvalue weighted by molar-refractivity contribution is -0.386. The van der Waals surface area contributed by atoms with Gasteiger partial charge < -0.3 is 9.64 Å². The molecule has 1 aliphatic heterocycles. The Kier molecular flexibility index (Phi) is 3.97. The van der Waals surface area contributed by atoms with Gasteiger partial charge in [-0.3, -0.25) is 14.9 Å². The van der Waals surface area contributed by atoms with Crippen LogP contribution in [0.25, 0.3) is 0 Å². The molecule has 6 heteroatoms. The van der Waals surface area contributed by atoms with E-state index in [1.807, 2.05) is 24.3 Å². The predicted molar refractivity (Wildman–Crippen MR) is 85.7 cm³/mol. The first-order valence-electron chi connectivity index (χ1n) is 7.37. The van der Waals surface area contributed by atoms with Crippen molar-refractivity contribution in [2.75, 3.05) is 11.4 Å². The second-order valence-corrected chi connectivity index (χ2v) is 5.35. The number of benzene rings is 2. The quantitative estimate of drug-likeness (QED) is 0.642. The van der Waals surface area contributed by atoms with E-state index in [0.29, 0.717) is 6.54 Å². The third-order valence-electron chi connectivity index (χ3n) is 3.87. The van der Waals surface area contributed by atoms with Gasteiger partial charge in [-0.2, -0.15) is 0 Å². The molecule has 0 fully saturated rings. The zero-order valence-corrected chi connectivity index (χ0v) is 12.6. The normalized spacial score (nSPS) is 14.2. The van der Waals surface area contributed by atoms with Crippen LogP contribution in [0.4, 0.5) is 11.4 Å². The highest BCUT2D eigenvalue weighted by atomic mass is 16.6. The molecule has 0 saturated heterocycles. The Morgan fingerprint density at radius 3 is 2.70 bits per heavy atom. The third kappa shape index (κ3) is 2.88. The number of nitrogens with zero attached hydrogens (tertiary/aromatic N) is 2. The molecule has 1 amide bonds. The smallest absolute Gasteiger partial charge is 0.310 e. The number of para-hydroxylation sites is 3. The fourth-order valence-electron chi connectivity index (χ4n) is 2.74. The minimum absolute atomic E-state index is 0.103.